The molecule has 0 unspecified atom stereocenters. The molecule has 0 amide bonds. The highest BCUT2D eigenvalue weighted by molar-refractivity contribution is 9.10. The van der Waals surface area contributed by atoms with Gasteiger partial charge in [-0.25, -0.2) is 0 Å². The molecule has 0 spiro atoms. The van der Waals surface area contributed by atoms with Crippen LogP contribution in [0.3, 0.4) is 0 Å². The molecule has 0 saturated carbocycles. The third-order valence-electron chi connectivity index (χ3n) is 3.17. The van der Waals surface area contributed by atoms with Crippen LogP contribution in [0.5, 0.6) is 0 Å². The van der Waals surface area contributed by atoms with Gasteiger partial charge in [0, 0.05) is 17.4 Å². The summed E-state index contributed by atoms with van der Waals surface area (Å²) in [5.74, 6) is 0. The molecule has 3 rings (SSSR count). The average molecular weight is 336 g/mol. The molecule has 0 aliphatic heterocycles. The minimum Gasteiger partial charge on any atom is -0.379 e. The Morgan fingerprint density at radius 1 is 1.37 bits per heavy atom. The number of hydrogen-bond acceptors (Lipinski definition) is 3. The van der Waals surface area contributed by atoms with E-state index in [4.69, 9.17) is 0 Å². The van der Waals surface area contributed by atoms with E-state index in [0.29, 0.717) is 0 Å². The van der Waals surface area contributed by atoms with Crippen molar-refractivity contribution in [2.45, 2.75) is 13.5 Å². The topological polar surface area (TPSA) is 29.9 Å². The number of anilines is 1. The van der Waals surface area contributed by atoms with Crippen molar-refractivity contribution < 1.29 is 0 Å². The molecular formula is C14H14BrN3S. The first-order valence-corrected chi connectivity index (χ1v) is 7.71. The van der Waals surface area contributed by atoms with Gasteiger partial charge in [-0.3, -0.25) is 4.68 Å². The Morgan fingerprint density at radius 3 is 2.95 bits per heavy atom. The number of rotatable bonds is 3. The smallest absolute Gasteiger partial charge is 0.0739 e. The lowest BCUT2D eigenvalue weighted by atomic mass is 10.2. The van der Waals surface area contributed by atoms with Crippen molar-refractivity contribution in [3.63, 3.8) is 0 Å². The molecule has 0 radical (unpaired) electrons. The molecule has 3 aromatic rings. The van der Waals surface area contributed by atoms with E-state index >= 15 is 0 Å². The van der Waals surface area contributed by atoms with Crippen LogP contribution < -0.4 is 5.32 Å². The number of aryl methyl sites for hydroxylation is 2. The van der Waals surface area contributed by atoms with Crippen LogP contribution in [0.15, 0.2) is 34.1 Å². The van der Waals surface area contributed by atoms with Crippen LogP contribution in [-0.2, 0) is 13.6 Å². The molecule has 0 bridgehead atoms. The molecule has 0 atom stereocenters. The second-order valence-electron chi connectivity index (χ2n) is 4.50. The molecule has 3 nitrogen and oxygen atoms in total. The average Bonchev–Trinajstić information content (AvgIpc) is 2.94. The summed E-state index contributed by atoms with van der Waals surface area (Å²) in [6, 6.07) is 8.61. The zero-order valence-electron chi connectivity index (χ0n) is 10.8. The maximum Gasteiger partial charge on any atom is 0.0739 e. The standard InChI is InChI=1S/C14H14BrN3S/c1-9-14(15)12(18(2)17-9)8-16-11-3-4-13-10(7-11)5-6-19-13/h3-7,16H,8H2,1-2H3. The largest absolute Gasteiger partial charge is 0.379 e. The van der Waals surface area contributed by atoms with Gasteiger partial charge < -0.3 is 5.32 Å². The van der Waals surface area contributed by atoms with Gasteiger partial charge >= 0.3 is 0 Å². The number of nitrogens with zero attached hydrogens (tertiary/aromatic N) is 2. The van der Waals surface area contributed by atoms with Crippen LogP contribution in [0.1, 0.15) is 11.4 Å². The van der Waals surface area contributed by atoms with Gasteiger partial charge in [-0.15, -0.1) is 11.3 Å². The van der Waals surface area contributed by atoms with Crippen LogP contribution >= 0.6 is 27.3 Å². The Labute approximate surface area is 124 Å². The molecule has 98 valence electrons. The first-order valence-electron chi connectivity index (χ1n) is 6.04. The van der Waals surface area contributed by atoms with Gasteiger partial charge in [-0.05, 0) is 57.9 Å². The summed E-state index contributed by atoms with van der Waals surface area (Å²) in [5, 5.41) is 11.3. The van der Waals surface area contributed by atoms with Crippen LogP contribution in [0.4, 0.5) is 5.69 Å². The third kappa shape index (κ3) is 2.40. The SMILES string of the molecule is Cc1nn(C)c(CNc2ccc3sccc3c2)c1Br. The lowest BCUT2D eigenvalue weighted by Gasteiger charge is -2.07. The molecular weight excluding hydrogens is 322 g/mol. The fourth-order valence-electron chi connectivity index (χ4n) is 2.13. The van der Waals surface area contributed by atoms with Crippen LogP contribution in [0.25, 0.3) is 10.1 Å². The van der Waals surface area contributed by atoms with E-state index in [1.54, 1.807) is 11.3 Å². The summed E-state index contributed by atoms with van der Waals surface area (Å²) in [5.41, 5.74) is 3.31. The highest BCUT2D eigenvalue weighted by Crippen LogP contribution is 2.25. The van der Waals surface area contributed by atoms with Gasteiger partial charge in [0.1, 0.15) is 0 Å². The molecule has 1 aromatic carbocycles. The fraction of sp³-hybridized carbons (Fsp3) is 0.214. The Morgan fingerprint density at radius 2 is 2.21 bits per heavy atom. The summed E-state index contributed by atoms with van der Waals surface area (Å²) in [6.07, 6.45) is 0. The van der Waals surface area contributed by atoms with E-state index in [2.05, 4.69) is 56.0 Å². The second-order valence-corrected chi connectivity index (χ2v) is 6.24. The van der Waals surface area contributed by atoms with E-state index in [9.17, 15) is 0 Å². The first kappa shape index (κ1) is 12.7. The van der Waals surface area contributed by atoms with Crippen molar-refractivity contribution >= 4 is 43.0 Å². The summed E-state index contributed by atoms with van der Waals surface area (Å²) in [4.78, 5) is 0. The monoisotopic (exact) mass is 335 g/mol. The maximum atomic E-state index is 4.40. The van der Waals surface area contributed by atoms with Gasteiger partial charge in [-0.1, -0.05) is 0 Å². The minimum absolute atomic E-state index is 0.758. The van der Waals surface area contributed by atoms with Crippen LogP contribution in [0, 0.1) is 6.92 Å². The lowest BCUT2D eigenvalue weighted by molar-refractivity contribution is 0.712. The van der Waals surface area contributed by atoms with Crippen molar-refractivity contribution in [1.29, 1.82) is 0 Å². The van der Waals surface area contributed by atoms with Crippen LogP contribution in [0.2, 0.25) is 0 Å². The molecule has 5 heteroatoms. The number of fused-ring (bicyclic) bond motifs is 1. The van der Waals surface area contributed by atoms with Gasteiger partial charge in [0.2, 0.25) is 0 Å². The maximum absolute atomic E-state index is 4.40. The number of halogens is 1. The molecule has 2 aromatic heterocycles. The minimum atomic E-state index is 0.758. The predicted molar refractivity (Wildman–Crippen MR) is 84.8 cm³/mol. The third-order valence-corrected chi connectivity index (χ3v) is 5.10. The summed E-state index contributed by atoms with van der Waals surface area (Å²) >= 11 is 5.36. The molecule has 0 aliphatic rings. The molecule has 19 heavy (non-hydrogen) atoms. The van der Waals surface area contributed by atoms with Crippen molar-refractivity contribution in [1.82, 2.24) is 9.78 Å². The highest BCUT2D eigenvalue weighted by atomic mass is 79.9. The number of thiophene rings is 1. The first-order chi connectivity index (χ1) is 9.15. The summed E-state index contributed by atoms with van der Waals surface area (Å²) in [7, 11) is 1.97. The van der Waals surface area contributed by atoms with E-state index in [-0.39, 0.29) is 0 Å². The van der Waals surface area contributed by atoms with E-state index in [1.807, 2.05) is 18.7 Å². The van der Waals surface area contributed by atoms with Crippen molar-refractivity contribution in [2.75, 3.05) is 5.32 Å². The van der Waals surface area contributed by atoms with Crippen LogP contribution in [-0.4, -0.2) is 9.78 Å². The molecule has 2 heterocycles. The zero-order chi connectivity index (χ0) is 13.4. The number of benzene rings is 1. The highest BCUT2D eigenvalue weighted by Gasteiger charge is 2.10. The van der Waals surface area contributed by atoms with Gasteiger partial charge in [-0.2, -0.15) is 5.10 Å². The van der Waals surface area contributed by atoms with Crippen molar-refractivity contribution in [3.8, 4) is 0 Å². The van der Waals surface area contributed by atoms with E-state index < -0.39 is 0 Å². The molecule has 1 N–H and O–H groups in total. The molecule has 0 saturated heterocycles. The summed E-state index contributed by atoms with van der Waals surface area (Å²) < 4.78 is 4.32. The number of nitrogens with one attached hydrogen (secondary N) is 1. The van der Waals surface area contributed by atoms with Gasteiger partial charge in [0.15, 0.2) is 0 Å². The number of hydrogen-bond donors (Lipinski definition) is 1. The second kappa shape index (κ2) is 4.98. The Kier molecular flexibility index (Phi) is 3.33. The Bertz CT molecular complexity index is 729. The van der Waals surface area contributed by atoms with Crippen molar-refractivity contribution in [2.24, 2.45) is 7.05 Å². The fourth-order valence-corrected chi connectivity index (χ4v) is 3.38. The lowest BCUT2D eigenvalue weighted by Crippen LogP contribution is -2.05. The van der Waals surface area contributed by atoms with E-state index in [0.717, 1.165) is 28.1 Å². The van der Waals surface area contributed by atoms with Gasteiger partial charge in [0.25, 0.3) is 0 Å². The molecule has 0 fully saturated rings. The quantitative estimate of drug-likeness (QED) is 0.772. The molecule has 0 aliphatic carbocycles. The summed E-state index contributed by atoms with van der Waals surface area (Å²) in [6.45, 7) is 2.76. The Hall–Kier alpha value is -1.33. The van der Waals surface area contributed by atoms with Gasteiger partial charge in [0.05, 0.1) is 22.4 Å². The zero-order valence-corrected chi connectivity index (χ0v) is 13.2. The Balaban J connectivity index is 1.81. The van der Waals surface area contributed by atoms with Crippen molar-refractivity contribution in [3.05, 3.63) is 45.5 Å². The van der Waals surface area contributed by atoms with E-state index in [1.165, 1.54) is 10.1 Å². The normalized spacial score (nSPS) is 11.1. The predicted octanol–water partition coefficient (Wildman–Crippen LogP) is 4.32. The number of aromatic nitrogens is 2.